The number of piperidine rings is 1. The molecule has 0 bridgehead atoms. The molecular weight excluding hydrogens is 438 g/mol. The monoisotopic (exact) mass is 457 g/mol. The lowest BCUT2D eigenvalue weighted by Crippen LogP contribution is -2.47. The second-order valence-electron chi connectivity index (χ2n) is 7.56. The molecule has 2 aliphatic rings. The first-order valence-corrected chi connectivity index (χ1v) is 12.1. The van der Waals surface area contributed by atoms with Crippen LogP contribution in [0.25, 0.3) is 10.2 Å². The number of benzene rings is 2. The number of nitrogens with zero attached hydrogens (tertiary/aromatic N) is 3. The van der Waals surface area contributed by atoms with Crippen LogP contribution in [-0.2, 0) is 9.59 Å². The lowest BCUT2D eigenvalue weighted by atomic mass is 9.97. The topological polar surface area (TPSA) is 53.5 Å². The minimum Gasteiger partial charge on any atom is -0.341 e. The van der Waals surface area contributed by atoms with Crippen LogP contribution in [0, 0.1) is 0 Å². The van der Waals surface area contributed by atoms with Gasteiger partial charge in [0.05, 0.1) is 26.7 Å². The van der Waals surface area contributed by atoms with Crippen LogP contribution < -0.4 is 4.90 Å². The third kappa shape index (κ3) is 3.82. The number of fused-ring (bicyclic) bond motifs is 2. The summed E-state index contributed by atoms with van der Waals surface area (Å²) in [7, 11) is 0. The quantitative estimate of drug-likeness (QED) is 0.567. The lowest BCUT2D eigenvalue weighted by Gasteiger charge is -2.34. The van der Waals surface area contributed by atoms with Gasteiger partial charge < -0.3 is 9.80 Å². The van der Waals surface area contributed by atoms with Crippen molar-refractivity contribution in [3.8, 4) is 0 Å². The molecule has 1 fully saturated rings. The molecule has 8 heteroatoms. The highest BCUT2D eigenvalue weighted by molar-refractivity contribution is 8.00. The molecule has 3 aromatic rings. The molecule has 0 spiro atoms. The standard InChI is InChI=1S/C22H20ClN3O2S2/c23-15-5-6-18-16(11-15)24-22(30-18)14-7-9-25(10-8-14)20(27)12-26-17-3-1-2-4-19(17)29-13-21(26)28/h1-6,11,14H,7-10,12-13H2. The van der Waals surface area contributed by atoms with Crippen molar-refractivity contribution in [1.82, 2.24) is 9.88 Å². The molecular formula is C22H20ClN3O2S2. The van der Waals surface area contributed by atoms with Crippen LogP contribution in [0.4, 0.5) is 5.69 Å². The fraction of sp³-hybridized carbons (Fsp3) is 0.318. The van der Waals surface area contributed by atoms with Gasteiger partial charge in [0.15, 0.2) is 0 Å². The van der Waals surface area contributed by atoms with Gasteiger partial charge in [-0.3, -0.25) is 9.59 Å². The summed E-state index contributed by atoms with van der Waals surface area (Å²) in [6.07, 6.45) is 1.78. The van der Waals surface area contributed by atoms with Gasteiger partial charge in [-0.25, -0.2) is 4.98 Å². The van der Waals surface area contributed by atoms with Crippen LogP contribution >= 0.6 is 34.7 Å². The van der Waals surface area contributed by atoms with Crippen LogP contribution in [-0.4, -0.2) is 47.1 Å². The Labute approximate surface area is 188 Å². The van der Waals surface area contributed by atoms with Crippen molar-refractivity contribution in [2.24, 2.45) is 0 Å². The zero-order valence-corrected chi connectivity index (χ0v) is 18.6. The molecule has 2 aromatic carbocycles. The molecule has 5 nitrogen and oxygen atoms in total. The molecule has 2 amide bonds. The maximum absolute atomic E-state index is 12.9. The highest BCUT2D eigenvalue weighted by atomic mass is 35.5. The van der Waals surface area contributed by atoms with E-state index >= 15 is 0 Å². The molecule has 0 radical (unpaired) electrons. The SMILES string of the molecule is O=C(CN1C(=O)CSc2ccccc21)N1CCC(c2nc3cc(Cl)ccc3s2)CC1. The van der Waals surface area contributed by atoms with E-state index in [-0.39, 0.29) is 18.4 Å². The van der Waals surface area contributed by atoms with E-state index in [9.17, 15) is 9.59 Å². The number of para-hydroxylation sites is 1. The van der Waals surface area contributed by atoms with Crippen molar-refractivity contribution in [2.45, 2.75) is 23.7 Å². The average Bonchev–Trinajstić information content (AvgIpc) is 3.19. The number of hydrogen-bond acceptors (Lipinski definition) is 5. The zero-order chi connectivity index (χ0) is 20.7. The first-order valence-electron chi connectivity index (χ1n) is 9.94. The Kier molecular flexibility index (Phi) is 5.43. The number of carbonyl (C=O) groups is 2. The first kappa shape index (κ1) is 19.8. The molecule has 0 atom stereocenters. The molecule has 0 saturated carbocycles. The van der Waals surface area contributed by atoms with Crippen LogP contribution in [0.3, 0.4) is 0 Å². The maximum Gasteiger partial charge on any atom is 0.242 e. The summed E-state index contributed by atoms with van der Waals surface area (Å²) in [5, 5.41) is 1.82. The maximum atomic E-state index is 12.9. The molecule has 0 unspecified atom stereocenters. The van der Waals surface area contributed by atoms with Gasteiger partial charge >= 0.3 is 0 Å². The molecule has 30 heavy (non-hydrogen) atoms. The van der Waals surface area contributed by atoms with E-state index < -0.39 is 0 Å². The normalized spacial score (nSPS) is 17.4. The molecule has 2 aliphatic heterocycles. The van der Waals surface area contributed by atoms with Gasteiger partial charge in [0, 0.05) is 28.9 Å². The van der Waals surface area contributed by atoms with E-state index in [4.69, 9.17) is 16.6 Å². The summed E-state index contributed by atoms with van der Waals surface area (Å²) in [5.74, 6) is 0.752. The van der Waals surface area contributed by atoms with Crippen molar-refractivity contribution < 1.29 is 9.59 Å². The number of thioether (sulfide) groups is 1. The Bertz CT molecular complexity index is 1120. The zero-order valence-electron chi connectivity index (χ0n) is 16.2. The minimum atomic E-state index is -0.00456. The van der Waals surface area contributed by atoms with Crippen LogP contribution in [0.1, 0.15) is 23.8 Å². The highest BCUT2D eigenvalue weighted by Gasteiger charge is 2.30. The predicted octanol–water partition coefficient (Wildman–Crippen LogP) is 4.79. The van der Waals surface area contributed by atoms with Gasteiger partial charge in [-0.05, 0) is 43.2 Å². The smallest absolute Gasteiger partial charge is 0.242 e. The number of halogens is 1. The largest absolute Gasteiger partial charge is 0.341 e. The van der Waals surface area contributed by atoms with Gasteiger partial charge in [0.2, 0.25) is 11.8 Å². The van der Waals surface area contributed by atoms with Gasteiger partial charge in [0.1, 0.15) is 6.54 Å². The Morgan fingerprint density at radius 3 is 2.80 bits per heavy atom. The molecule has 3 heterocycles. The number of likely N-dealkylation sites (tertiary alicyclic amines) is 1. The van der Waals surface area contributed by atoms with Gasteiger partial charge in [-0.2, -0.15) is 0 Å². The number of anilines is 1. The Balaban J connectivity index is 1.24. The van der Waals surface area contributed by atoms with E-state index in [1.54, 1.807) is 16.2 Å². The van der Waals surface area contributed by atoms with E-state index in [0.717, 1.165) is 38.6 Å². The van der Waals surface area contributed by atoms with E-state index in [1.165, 1.54) is 11.8 Å². The van der Waals surface area contributed by atoms with E-state index in [2.05, 4.69) is 0 Å². The van der Waals surface area contributed by atoms with Crippen LogP contribution in [0.15, 0.2) is 47.4 Å². The summed E-state index contributed by atoms with van der Waals surface area (Å²) < 4.78 is 1.15. The molecule has 0 N–H and O–H groups in total. The number of hydrogen-bond donors (Lipinski definition) is 0. The predicted molar refractivity (Wildman–Crippen MR) is 123 cm³/mol. The molecule has 0 aliphatic carbocycles. The number of aromatic nitrogens is 1. The second kappa shape index (κ2) is 8.21. The third-order valence-electron chi connectivity index (χ3n) is 5.66. The number of amides is 2. The summed E-state index contributed by atoms with van der Waals surface area (Å²) in [6, 6.07) is 13.6. The van der Waals surface area contributed by atoms with Crippen molar-refractivity contribution in [2.75, 3.05) is 30.3 Å². The van der Waals surface area contributed by atoms with E-state index in [1.807, 2.05) is 47.4 Å². The van der Waals surface area contributed by atoms with Crippen LogP contribution in [0.5, 0.6) is 0 Å². The lowest BCUT2D eigenvalue weighted by molar-refractivity contribution is -0.132. The Morgan fingerprint density at radius 2 is 1.97 bits per heavy atom. The second-order valence-corrected chi connectivity index (χ2v) is 10.1. The summed E-state index contributed by atoms with van der Waals surface area (Å²) in [4.78, 5) is 34.7. The van der Waals surface area contributed by atoms with Crippen molar-refractivity contribution in [3.05, 3.63) is 52.5 Å². The van der Waals surface area contributed by atoms with Crippen molar-refractivity contribution >= 4 is 62.4 Å². The molecule has 1 aromatic heterocycles. The summed E-state index contributed by atoms with van der Waals surface area (Å²) in [6.45, 7) is 1.50. The van der Waals surface area contributed by atoms with Crippen LogP contribution in [0.2, 0.25) is 5.02 Å². The summed E-state index contributed by atoms with van der Waals surface area (Å²) >= 11 is 9.33. The molecule has 5 rings (SSSR count). The van der Waals surface area contributed by atoms with Crippen molar-refractivity contribution in [1.29, 1.82) is 0 Å². The highest BCUT2D eigenvalue weighted by Crippen LogP contribution is 2.36. The number of rotatable bonds is 3. The Hall–Kier alpha value is -2.09. The fourth-order valence-electron chi connectivity index (χ4n) is 4.03. The summed E-state index contributed by atoms with van der Waals surface area (Å²) in [5.41, 5.74) is 1.79. The van der Waals surface area contributed by atoms with Gasteiger partial charge in [-0.15, -0.1) is 23.1 Å². The van der Waals surface area contributed by atoms with Gasteiger partial charge in [-0.1, -0.05) is 23.7 Å². The first-order chi connectivity index (χ1) is 14.6. The Morgan fingerprint density at radius 1 is 1.17 bits per heavy atom. The van der Waals surface area contributed by atoms with E-state index in [0.29, 0.717) is 29.8 Å². The average molecular weight is 458 g/mol. The molecule has 154 valence electrons. The minimum absolute atomic E-state index is 0.00456. The fourth-order valence-corrected chi connectivity index (χ4v) is 6.25. The number of carbonyl (C=O) groups excluding carboxylic acids is 2. The number of thiazole rings is 1. The molecule has 1 saturated heterocycles. The van der Waals surface area contributed by atoms with Crippen molar-refractivity contribution in [3.63, 3.8) is 0 Å². The third-order valence-corrected chi connectivity index (χ3v) is 8.15. The van der Waals surface area contributed by atoms with Gasteiger partial charge in [0.25, 0.3) is 0 Å².